The first-order valence-corrected chi connectivity index (χ1v) is 10.6. The lowest BCUT2D eigenvalue weighted by atomic mass is 10.1. The van der Waals surface area contributed by atoms with E-state index in [9.17, 15) is 10.1 Å². The Kier molecular flexibility index (Phi) is 7.65. The molecule has 158 valence electrons. The molecule has 2 aromatic carbocycles. The molecule has 0 unspecified atom stereocenters. The number of hydrogen-bond acceptors (Lipinski definition) is 7. The lowest BCUT2D eigenvalue weighted by Crippen LogP contribution is -2.14. The quantitative estimate of drug-likeness (QED) is 0.331. The van der Waals surface area contributed by atoms with Gasteiger partial charge < -0.3 is 14.2 Å². The van der Waals surface area contributed by atoms with E-state index in [1.807, 2.05) is 17.5 Å². The van der Waals surface area contributed by atoms with Gasteiger partial charge in [-0.15, -0.1) is 11.3 Å². The van der Waals surface area contributed by atoms with Crippen LogP contribution in [-0.2, 0) is 9.53 Å². The molecule has 0 saturated carbocycles. The van der Waals surface area contributed by atoms with Crippen molar-refractivity contribution in [1.82, 2.24) is 4.98 Å². The summed E-state index contributed by atoms with van der Waals surface area (Å²) >= 11 is 7.33. The van der Waals surface area contributed by atoms with Crippen LogP contribution in [0.25, 0.3) is 22.9 Å². The SMILES string of the molecule is CCOC(=O)COc1ccc(C=C(C#N)c2nc(-c3ccc(Cl)cc3)cs2)cc1OC. The number of aromatic nitrogens is 1. The number of hydrogen-bond donors (Lipinski definition) is 0. The van der Waals surface area contributed by atoms with Crippen molar-refractivity contribution in [2.24, 2.45) is 0 Å². The van der Waals surface area contributed by atoms with E-state index in [-0.39, 0.29) is 13.2 Å². The standard InChI is InChI=1S/C23H19ClN2O4S/c1-3-29-22(27)13-30-20-9-4-15(11-21(20)28-2)10-17(12-25)23-26-19(14-31-23)16-5-7-18(24)8-6-16/h4-11,14H,3,13H2,1-2H3. The minimum absolute atomic E-state index is 0.213. The summed E-state index contributed by atoms with van der Waals surface area (Å²) in [6.07, 6.45) is 1.72. The van der Waals surface area contributed by atoms with Gasteiger partial charge in [-0.05, 0) is 42.8 Å². The van der Waals surface area contributed by atoms with Crippen LogP contribution in [0.1, 0.15) is 17.5 Å². The second-order valence-electron chi connectivity index (χ2n) is 6.22. The highest BCUT2D eigenvalue weighted by Crippen LogP contribution is 2.31. The van der Waals surface area contributed by atoms with E-state index < -0.39 is 5.97 Å². The molecule has 0 atom stereocenters. The van der Waals surface area contributed by atoms with Gasteiger partial charge in [0.25, 0.3) is 0 Å². The second kappa shape index (κ2) is 10.6. The number of nitrogens with zero attached hydrogens (tertiary/aromatic N) is 2. The summed E-state index contributed by atoms with van der Waals surface area (Å²) in [6.45, 7) is 1.80. The molecule has 1 heterocycles. The van der Waals surface area contributed by atoms with Crippen LogP contribution < -0.4 is 9.47 Å². The van der Waals surface area contributed by atoms with Gasteiger partial charge in [-0.3, -0.25) is 0 Å². The lowest BCUT2D eigenvalue weighted by molar-refractivity contribution is -0.145. The maximum absolute atomic E-state index is 11.5. The topological polar surface area (TPSA) is 81.4 Å². The van der Waals surface area contributed by atoms with Crippen LogP contribution in [0.3, 0.4) is 0 Å². The number of carbonyl (C=O) groups is 1. The number of methoxy groups -OCH3 is 1. The predicted molar refractivity (Wildman–Crippen MR) is 121 cm³/mol. The number of thiazole rings is 1. The summed E-state index contributed by atoms with van der Waals surface area (Å²) in [4.78, 5) is 16.1. The first-order valence-electron chi connectivity index (χ1n) is 9.34. The molecule has 0 aliphatic carbocycles. The zero-order valence-electron chi connectivity index (χ0n) is 16.9. The minimum atomic E-state index is -0.458. The smallest absolute Gasteiger partial charge is 0.344 e. The summed E-state index contributed by atoms with van der Waals surface area (Å²) in [5.41, 5.74) is 2.86. The van der Waals surface area contributed by atoms with E-state index in [4.69, 9.17) is 25.8 Å². The van der Waals surface area contributed by atoms with Crippen LogP contribution in [0, 0.1) is 11.3 Å². The van der Waals surface area contributed by atoms with Crippen LogP contribution >= 0.6 is 22.9 Å². The molecule has 0 saturated heterocycles. The largest absolute Gasteiger partial charge is 0.493 e. The fourth-order valence-electron chi connectivity index (χ4n) is 2.69. The summed E-state index contributed by atoms with van der Waals surface area (Å²) in [7, 11) is 1.50. The molecule has 8 heteroatoms. The maximum Gasteiger partial charge on any atom is 0.344 e. The Morgan fingerprint density at radius 2 is 2.00 bits per heavy atom. The minimum Gasteiger partial charge on any atom is -0.493 e. The zero-order chi connectivity index (χ0) is 22.2. The fraction of sp³-hybridized carbons (Fsp3) is 0.174. The highest BCUT2D eigenvalue weighted by atomic mass is 35.5. The number of esters is 1. The molecule has 0 N–H and O–H groups in total. The molecule has 0 fully saturated rings. The number of ether oxygens (including phenoxy) is 3. The second-order valence-corrected chi connectivity index (χ2v) is 7.51. The molecular formula is C23H19ClN2O4S. The van der Waals surface area contributed by atoms with Crippen molar-refractivity contribution in [3.63, 3.8) is 0 Å². The van der Waals surface area contributed by atoms with Gasteiger partial charge in [-0.25, -0.2) is 9.78 Å². The number of allylic oxidation sites excluding steroid dienone is 1. The maximum atomic E-state index is 11.5. The van der Waals surface area contributed by atoms with Crippen LogP contribution in [0.4, 0.5) is 0 Å². The van der Waals surface area contributed by atoms with Gasteiger partial charge in [0.1, 0.15) is 11.1 Å². The number of nitriles is 1. The van der Waals surface area contributed by atoms with E-state index in [0.717, 1.165) is 16.8 Å². The van der Waals surface area contributed by atoms with Gasteiger partial charge in [0, 0.05) is 16.0 Å². The van der Waals surface area contributed by atoms with Crippen molar-refractivity contribution in [2.45, 2.75) is 6.92 Å². The summed E-state index contributed by atoms with van der Waals surface area (Å²) < 4.78 is 15.7. The Hall–Kier alpha value is -3.34. The van der Waals surface area contributed by atoms with E-state index in [1.165, 1.54) is 18.4 Å². The van der Waals surface area contributed by atoms with Crippen LogP contribution in [0.15, 0.2) is 47.8 Å². The molecule has 0 radical (unpaired) electrons. The highest BCUT2D eigenvalue weighted by molar-refractivity contribution is 7.11. The molecule has 6 nitrogen and oxygen atoms in total. The lowest BCUT2D eigenvalue weighted by Gasteiger charge is -2.11. The highest BCUT2D eigenvalue weighted by Gasteiger charge is 2.12. The Bertz CT molecular complexity index is 1130. The molecule has 3 aromatic rings. The Balaban J connectivity index is 1.81. The predicted octanol–water partition coefficient (Wildman–Crippen LogP) is 5.48. The number of halogens is 1. The van der Waals surface area contributed by atoms with Crippen LogP contribution in [0.5, 0.6) is 11.5 Å². The molecule has 0 aliphatic heterocycles. The van der Waals surface area contributed by atoms with Gasteiger partial charge in [0.2, 0.25) is 0 Å². The number of benzene rings is 2. The third-order valence-corrected chi connectivity index (χ3v) is 5.27. The first kappa shape index (κ1) is 22.3. The monoisotopic (exact) mass is 454 g/mol. The van der Waals surface area contributed by atoms with Crippen molar-refractivity contribution in [3.05, 3.63) is 63.4 Å². The van der Waals surface area contributed by atoms with E-state index >= 15 is 0 Å². The molecule has 3 rings (SSSR count). The van der Waals surface area contributed by atoms with E-state index in [1.54, 1.807) is 43.3 Å². The average molecular weight is 455 g/mol. The molecule has 0 amide bonds. The molecule has 0 aliphatic rings. The van der Waals surface area contributed by atoms with Crippen LogP contribution in [0.2, 0.25) is 5.02 Å². The van der Waals surface area contributed by atoms with E-state index in [2.05, 4.69) is 11.1 Å². The van der Waals surface area contributed by atoms with Crippen molar-refractivity contribution >= 4 is 40.6 Å². The van der Waals surface area contributed by atoms with Crippen molar-refractivity contribution in [3.8, 4) is 28.8 Å². The van der Waals surface area contributed by atoms with Crippen molar-refractivity contribution in [1.29, 1.82) is 5.26 Å². The summed E-state index contributed by atoms with van der Waals surface area (Å²) in [6, 6.07) is 14.8. The Labute approximate surface area is 189 Å². The number of rotatable bonds is 8. The molecular weight excluding hydrogens is 436 g/mol. The van der Waals surface area contributed by atoms with Gasteiger partial charge in [-0.1, -0.05) is 29.8 Å². The van der Waals surface area contributed by atoms with Gasteiger partial charge >= 0.3 is 5.97 Å². The molecule has 31 heavy (non-hydrogen) atoms. The normalized spacial score (nSPS) is 11.0. The Morgan fingerprint density at radius 3 is 2.68 bits per heavy atom. The average Bonchev–Trinajstić information content (AvgIpc) is 3.27. The summed E-state index contributed by atoms with van der Waals surface area (Å²) in [5, 5.41) is 12.8. The summed E-state index contributed by atoms with van der Waals surface area (Å²) in [5.74, 6) is 0.391. The van der Waals surface area contributed by atoms with Gasteiger partial charge in [-0.2, -0.15) is 5.26 Å². The van der Waals surface area contributed by atoms with Crippen molar-refractivity contribution in [2.75, 3.05) is 20.3 Å². The Morgan fingerprint density at radius 1 is 1.23 bits per heavy atom. The number of carbonyl (C=O) groups excluding carboxylic acids is 1. The van der Waals surface area contributed by atoms with E-state index in [0.29, 0.717) is 27.1 Å². The fourth-order valence-corrected chi connectivity index (χ4v) is 3.61. The van der Waals surface area contributed by atoms with Crippen LogP contribution in [-0.4, -0.2) is 31.3 Å². The molecule has 0 spiro atoms. The first-order chi connectivity index (χ1) is 15.0. The van der Waals surface area contributed by atoms with Gasteiger partial charge in [0.05, 0.1) is 25.0 Å². The molecule has 0 bridgehead atoms. The third-order valence-electron chi connectivity index (χ3n) is 4.14. The zero-order valence-corrected chi connectivity index (χ0v) is 18.5. The van der Waals surface area contributed by atoms with Crippen molar-refractivity contribution < 1.29 is 19.0 Å². The third kappa shape index (κ3) is 5.85. The molecule has 1 aromatic heterocycles. The van der Waals surface area contributed by atoms with Gasteiger partial charge in [0.15, 0.2) is 18.1 Å².